The van der Waals surface area contributed by atoms with Crippen LogP contribution in [-0.4, -0.2) is 0 Å². The van der Waals surface area contributed by atoms with Crippen molar-refractivity contribution in [3.63, 3.8) is 0 Å². The zero-order valence-electron chi connectivity index (χ0n) is 18.1. The van der Waals surface area contributed by atoms with E-state index in [2.05, 4.69) is 0 Å². The van der Waals surface area contributed by atoms with E-state index in [1.165, 1.54) is 30.3 Å². The van der Waals surface area contributed by atoms with Crippen molar-refractivity contribution < 1.29 is 30.7 Å². The van der Waals surface area contributed by atoms with Crippen LogP contribution in [-0.2, 0) is 12.8 Å². The molecule has 4 rings (SSSR count). The van der Waals surface area contributed by atoms with E-state index in [4.69, 9.17) is 0 Å². The Morgan fingerprint density at radius 2 is 1.00 bits per heavy atom. The Balaban J connectivity index is 1.47. The maximum atomic E-state index is 14.7. The molecular formula is C28H17F7. The summed E-state index contributed by atoms with van der Waals surface area (Å²) in [4.78, 5) is 0. The standard InChI is InChI=1S/C28H17F7/c29-23-15-22(12-9-20(23)2-1-16-13-24(30)27(33)25(31)14-16)19-5-3-17(4-6-19)18-7-10-21(11-8-18)26(32)28(34)35/h3-15H,1-2H2. The number of hydrogen-bond acceptors (Lipinski definition) is 0. The lowest BCUT2D eigenvalue weighted by atomic mass is 9.97. The number of hydrogen-bond donors (Lipinski definition) is 0. The molecule has 0 N–H and O–H groups in total. The van der Waals surface area contributed by atoms with Crippen molar-refractivity contribution in [2.75, 3.05) is 0 Å². The third-order valence-electron chi connectivity index (χ3n) is 5.64. The fraction of sp³-hybridized carbons (Fsp3) is 0.0714. The minimum absolute atomic E-state index is 0.134. The molecule has 0 aliphatic heterocycles. The Morgan fingerprint density at radius 3 is 1.51 bits per heavy atom. The number of benzene rings is 4. The molecule has 0 bridgehead atoms. The van der Waals surface area contributed by atoms with Gasteiger partial charge in [-0.3, -0.25) is 0 Å². The third kappa shape index (κ3) is 5.45. The van der Waals surface area contributed by atoms with Gasteiger partial charge in [-0.1, -0.05) is 60.7 Å². The second kappa shape index (κ2) is 10.2. The molecule has 0 aliphatic rings. The van der Waals surface area contributed by atoms with E-state index in [1.54, 1.807) is 36.4 Å². The van der Waals surface area contributed by atoms with Crippen LogP contribution in [0, 0.1) is 23.3 Å². The Kier molecular flexibility index (Phi) is 7.05. The number of halogens is 7. The molecular weight excluding hydrogens is 469 g/mol. The first-order valence-electron chi connectivity index (χ1n) is 10.6. The first-order chi connectivity index (χ1) is 16.7. The van der Waals surface area contributed by atoms with Gasteiger partial charge in [-0.05, 0) is 64.4 Å². The van der Waals surface area contributed by atoms with Gasteiger partial charge in [-0.25, -0.2) is 22.0 Å². The smallest absolute Gasteiger partial charge is 0.207 e. The average molecular weight is 486 g/mol. The van der Waals surface area contributed by atoms with Crippen molar-refractivity contribution in [1.29, 1.82) is 0 Å². The number of rotatable bonds is 6. The highest BCUT2D eigenvalue weighted by molar-refractivity contribution is 5.72. The summed E-state index contributed by atoms with van der Waals surface area (Å²) in [5.41, 5.74) is 3.16. The van der Waals surface area contributed by atoms with Crippen LogP contribution < -0.4 is 0 Å². The third-order valence-corrected chi connectivity index (χ3v) is 5.64. The minimum Gasteiger partial charge on any atom is -0.207 e. The molecule has 0 heterocycles. The lowest BCUT2D eigenvalue weighted by Crippen LogP contribution is -1.99. The SMILES string of the molecule is FC(F)=C(F)c1ccc(-c2ccc(-c3ccc(CCc4cc(F)c(F)c(F)c4)c(F)c3)cc2)cc1. The highest BCUT2D eigenvalue weighted by atomic mass is 19.3. The minimum atomic E-state index is -2.38. The van der Waals surface area contributed by atoms with E-state index < -0.39 is 35.2 Å². The predicted octanol–water partition coefficient (Wildman–Crippen LogP) is 8.90. The molecule has 4 aromatic rings. The first-order valence-corrected chi connectivity index (χ1v) is 10.6. The lowest BCUT2D eigenvalue weighted by molar-refractivity contribution is 0.410. The van der Waals surface area contributed by atoms with Crippen molar-refractivity contribution in [1.82, 2.24) is 0 Å². The molecule has 0 aromatic heterocycles. The van der Waals surface area contributed by atoms with Gasteiger partial charge in [0.05, 0.1) is 0 Å². The normalized spacial score (nSPS) is 10.9. The molecule has 0 saturated carbocycles. The molecule has 0 atom stereocenters. The summed E-state index contributed by atoms with van der Waals surface area (Å²) >= 11 is 0. The zero-order chi connectivity index (χ0) is 25.1. The summed E-state index contributed by atoms with van der Waals surface area (Å²) in [6, 6.07) is 19.1. The zero-order valence-corrected chi connectivity index (χ0v) is 18.1. The molecule has 0 radical (unpaired) electrons. The second-order valence-corrected chi connectivity index (χ2v) is 7.91. The molecule has 35 heavy (non-hydrogen) atoms. The number of aryl methyl sites for hydroxylation is 2. The topological polar surface area (TPSA) is 0 Å². The first kappa shape index (κ1) is 24.3. The van der Waals surface area contributed by atoms with Crippen LogP contribution in [0.5, 0.6) is 0 Å². The van der Waals surface area contributed by atoms with Gasteiger partial charge in [0.15, 0.2) is 23.3 Å². The molecule has 0 aliphatic carbocycles. The van der Waals surface area contributed by atoms with Crippen LogP contribution in [0.4, 0.5) is 30.7 Å². The van der Waals surface area contributed by atoms with Gasteiger partial charge >= 0.3 is 6.08 Å². The largest absolute Gasteiger partial charge is 0.306 e. The van der Waals surface area contributed by atoms with Crippen LogP contribution in [0.1, 0.15) is 16.7 Å². The van der Waals surface area contributed by atoms with Crippen molar-refractivity contribution in [3.8, 4) is 22.3 Å². The molecule has 0 amide bonds. The van der Waals surface area contributed by atoms with Crippen molar-refractivity contribution in [2.24, 2.45) is 0 Å². The van der Waals surface area contributed by atoms with Gasteiger partial charge in [0.2, 0.25) is 0 Å². The molecule has 4 aromatic carbocycles. The van der Waals surface area contributed by atoms with Crippen LogP contribution in [0.3, 0.4) is 0 Å². The molecule has 0 fully saturated rings. The fourth-order valence-electron chi connectivity index (χ4n) is 3.73. The maximum absolute atomic E-state index is 14.7. The predicted molar refractivity (Wildman–Crippen MR) is 121 cm³/mol. The molecule has 0 saturated heterocycles. The summed E-state index contributed by atoms with van der Waals surface area (Å²) in [6.07, 6.45) is -2.07. The highest BCUT2D eigenvalue weighted by Gasteiger charge is 2.12. The average Bonchev–Trinajstić information content (AvgIpc) is 2.86. The Morgan fingerprint density at radius 1 is 0.514 bits per heavy atom. The van der Waals surface area contributed by atoms with Gasteiger partial charge in [0.25, 0.3) is 0 Å². The van der Waals surface area contributed by atoms with E-state index >= 15 is 0 Å². The summed E-state index contributed by atoms with van der Waals surface area (Å²) in [5, 5.41) is 0. The lowest BCUT2D eigenvalue weighted by Gasteiger charge is -2.09. The van der Waals surface area contributed by atoms with E-state index in [0.29, 0.717) is 16.7 Å². The van der Waals surface area contributed by atoms with Crippen molar-refractivity contribution in [2.45, 2.75) is 12.8 Å². The van der Waals surface area contributed by atoms with Crippen LogP contribution in [0.25, 0.3) is 28.1 Å². The maximum Gasteiger partial charge on any atom is 0.306 e. The van der Waals surface area contributed by atoms with Gasteiger partial charge in [-0.2, -0.15) is 8.78 Å². The van der Waals surface area contributed by atoms with Gasteiger partial charge in [-0.15, -0.1) is 0 Å². The van der Waals surface area contributed by atoms with Crippen LogP contribution >= 0.6 is 0 Å². The molecule has 0 spiro atoms. The van der Waals surface area contributed by atoms with Gasteiger partial charge in [0.1, 0.15) is 5.82 Å². The summed E-state index contributed by atoms with van der Waals surface area (Å²) in [6.45, 7) is 0. The highest BCUT2D eigenvalue weighted by Crippen LogP contribution is 2.29. The fourth-order valence-corrected chi connectivity index (χ4v) is 3.73. The van der Waals surface area contributed by atoms with Crippen LogP contribution in [0.2, 0.25) is 0 Å². The van der Waals surface area contributed by atoms with E-state index in [-0.39, 0.29) is 24.0 Å². The van der Waals surface area contributed by atoms with E-state index in [1.807, 2.05) is 0 Å². The summed E-state index contributed by atoms with van der Waals surface area (Å²) < 4.78 is 92.6. The monoisotopic (exact) mass is 486 g/mol. The molecule has 0 unspecified atom stereocenters. The summed E-state index contributed by atoms with van der Waals surface area (Å²) in [5.74, 6) is -6.15. The van der Waals surface area contributed by atoms with Crippen molar-refractivity contribution >= 4 is 5.83 Å². The second-order valence-electron chi connectivity index (χ2n) is 7.91. The van der Waals surface area contributed by atoms with E-state index in [0.717, 1.165) is 23.3 Å². The molecule has 0 nitrogen and oxygen atoms in total. The van der Waals surface area contributed by atoms with E-state index in [9.17, 15) is 30.7 Å². The molecule has 178 valence electrons. The van der Waals surface area contributed by atoms with Gasteiger partial charge < -0.3 is 0 Å². The summed E-state index contributed by atoms with van der Waals surface area (Å²) in [7, 11) is 0. The molecule has 7 heteroatoms. The Hall–Kier alpha value is -3.87. The Labute approximate surface area is 197 Å². The van der Waals surface area contributed by atoms with Crippen LogP contribution in [0.15, 0.2) is 84.9 Å². The Bertz CT molecular complexity index is 1360. The van der Waals surface area contributed by atoms with Crippen molar-refractivity contribution in [3.05, 3.63) is 125 Å². The quantitative estimate of drug-likeness (QED) is 0.189. The van der Waals surface area contributed by atoms with Gasteiger partial charge in [0, 0.05) is 5.56 Å².